The fraction of sp³-hybridized carbons (Fsp3) is 0.333. The van der Waals surface area contributed by atoms with Crippen molar-refractivity contribution in [2.75, 3.05) is 19.8 Å². The van der Waals surface area contributed by atoms with Gasteiger partial charge in [-0.3, -0.25) is 9.59 Å². The van der Waals surface area contributed by atoms with Gasteiger partial charge in [0.05, 0.1) is 24.3 Å². The second-order valence-corrected chi connectivity index (χ2v) is 8.51. The van der Waals surface area contributed by atoms with E-state index < -0.39 is 17.7 Å². The summed E-state index contributed by atoms with van der Waals surface area (Å²) in [4.78, 5) is 27.6. The fourth-order valence-corrected chi connectivity index (χ4v) is 4.36. The molecule has 0 aliphatic carbocycles. The van der Waals surface area contributed by atoms with E-state index in [1.165, 1.54) is 4.90 Å². The molecule has 2 atom stereocenters. The SMILES string of the molecule is CCOc1ccc(C2/C(=C(/O)c3ccc(Br)cc3)C(=O)C(=O)N2CC2CCCO2)cc1. The molecule has 4 rings (SSSR count). The van der Waals surface area contributed by atoms with Crippen molar-refractivity contribution in [2.45, 2.75) is 31.9 Å². The molecule has 2 aliphatic heterocycles. The Morgan fingerprint density at radius 1 is 1.16 bits per heavy atom. The summed E-state index contributed by atoms with van der Waals surface area (Å²) >= 11 is 3.37. The molecule has 2 aromatic carbocycles. The van der Waals surface area contributed by atoms with Gasteiger partial charge < -0.3 is 19.5 Å². The van der Waals surface area contributed by atoms with Gasteiger partial charge in [-0.05, 0) is 49.6 Å². The lowest BCUT2D eigenvalue weighted by Gasteiger charge is -2.27. The van der Waals surface area contributed by atoms with Crippen LogP contribution < -0.4 is 4.74 Å². The van der Waals surface area contributed by atoms with Gasteiger partial charge in [0.15, 0.2) is 0 Å². The Bertz CT molecular complexity index is 994. The second-order valence-electron chi connectivity index (χ2n) is 7.60. The first kappa shape index (κ1) is 21.6. The monoisotopic (exact) mass is 485 g/mol. The molecule has 2 heterocycles. The molecule has 2 aromatic rings. The lowest BCUT2D eigenvalue weighted by Crippen LogP contribution is -2.36. The van der Waals surface area contributed by atoms with E-state index in [0.29, 0.717) is 31.1 Å². The normalized spacial score (nSPS) is 22.8. The van der Waals surface area contributed by atoms with Crippen molar-refractivity contribution in [3.05, 3.63) is 69.7 Å². The van der Waals surface area contributed by atoms with Crippen LogP contribution >= 0.6 is 15.9 Å². The average Bonchev–Trinajstić information content (AvgIpc) is 3.37. The molecule has 2 saturated heterocycles. The number of carbonyl (C=O) groups is 2. The first-order chi connectivity index (χ1) is 15.0. The molecular formula is C24H24BrNO5. The highest BCUT2D eigenvalue weighted by Crippen LogP contribution is 2.40. The number of hydrogen-bond acceptors (Lipinski definition) is 5. The molecule has 0 bridgehead atoms. The first-order valence-corrected chi connectivity index (χ1v) is 11.2. The molecule has 0 saturated carbocycles. The Labute approximate surface area is 189 Å². The van der Waals surface area contributed by atoms with Gasteiger partial charge in [-0.15, -0.1) is 0 Å². The molecule has 7 heteroatoms. The van der Waals surface area contributed by atoms with Crippen LogP contribution in [0.5, 0.6) is 5.75 Å². The van der Waals surface area contributed by atoms with Gasteiger partial charge in [0.2, 0.25) is 0 Å². The highest BCUT2D eigenvalue weighted by Gasteiger charge is 2.47. The third kappa shape index (κ3) is 4.38. The second kappa shape index (κ2) is 9.24. The van der Waals surface area contributed by atoms with E-state index in [1.807, 2.05) is 31.2 Å². The van der Waals surface area contributed by atoms with E-state index in [-0.39, 0.29) is 17.4 Å². The molecule has 2 unspecified atom stereocenters. The summed E-state index contributed by atoms with van der Waals surface area (Å²) in [6, 6.07) is 13.6. The quantitative estimate of drug-likeness (QED) is 0.371. The van der Waals surface area contributed by atoms with Crippen molar-refractivity contribution in [1.82, 2.24) is 4.90 Å². The molecule has 2 aliphatic rings. The van der Waals surface area contributed by atoms with Crippen molar-refractivity contribution >= 4 is 33.4 Å². The van der Waals surface area contributed by atoms with Gasteiger partial charge >= 0.3 is 0 Å². The third-order valence-corrected chi connectivity index (χ3v) is 6.12. The van der Waals surface area contributed by atoms with Crippen LogP contribution in [0.2, 0.25) is 0 Å². The van der Waals surface area contributed by atoms with Crippen LogP contribution in [-0.2, 0) is 14.3 Å². The van der Waals surface area contributed by atoms with Crippen molar-refractivity contribution in [1.29, 1.82) is 0 Å². The lowest BCUT2D eigenvalue weighted by atomic mass is 9.95. The van der Waals surface area contributed by atoms with E-state index in [0.717, 1.165) is 22.9 Å². The van der Waals surface area contributed by atoms with E-state index in [9.17, 15) is 14.7 Å². The number of benzene rings is 2. The van der Waals surface area contributed by atoms with Crippen LogP contribution in [0, 0.1) is 0 Å². The third-order valence-electron chi connectivity index (χ3n) is 5.59. The number of hydrogen-bond donors (Lipinski definition) is 1. The summed E-state index contributed by atoms with van der Waals surface area (Å²) in [6.07, 6.45) is 1.66. The zero-order valence-electron chi connectivity index (χ0n) is 17.2. The molecule has 6 nitrogen and oxygen atoms in total. The summed E-state index contributed by atoms with van der Waals surface area (Å²) in [5.41, 5.74) is 1.31. The summed E-state index contributed by atoms with van der Waals surface area (Å²) in [7, 11) is 0. The number of aliphatic hydroxyl groups excluding tert-OH is 1. The van der Waals surface area contributed by atoms with E-state index in [2.05, 4.69) is 15.9 Å². The Balaban J connectivity index is 1.78. The van der Waals surface area contributed by atoms with E-state index >= 15 is 0 Å². The molecule has 0 radical (unpaired) electrons. The minimum atomic E-state index is -0.691. The number of ether oxygens (including phenoxy) is 2. The van der Waals surface area contributed by atoms with Crippen molar-refractivity contribution < 1.29 is 24.2 Å². The van der Waals surface area contributed by atoms with Crippen LogP contribution in [0.1, 0.15) is 36.9 Å². The highest BCUT2D eigenvalue weighted by atomic mass is 79.9. The van der Waals surface area contributed by atoms with Crippen LogP contribution in [0.4, 0.5) is 0 Å². The molecule has 2 fully saturated rings. The number of carbonyl (C=O) groups excluding carboxylic acids is 2. The molecule has 31 heavy (non-hydrogen) atoms. The predicted octanol–water partition coefficient (Wildman–Crippen LogP) is 4.45. The van der Waals surface area contributed by atoms with Gasteiger partial charge in [0.25, 0.3) is 11.7 Å². The standard InChI is InChI=1S/C24H24BrNO5/c1-2-30-18-11-7-15(8-12-18)21-20(22(27)16-5-9-17(25)10-6-16)23(28)24(29)26(21)14-19-4-3-13-31-19/h5-12,19,21,27H,2-4,13-14H2,1H3/b22-20-. The molecular weight excluding hydrogens is 462 g/mol. The van der Waals surface area contributed by atoms with Crippen molar-refractivity contribution in [3.8, 4) is 5.75 Å². The Hall–Kier alpha value is -2.64. The summed E-state index contributed by atoms with van der Waals surface area (Å²) in [5, 5.41) is 11.1. The van der Waals surface area contributed by atoms with Gasteiger partial charge in [-0.1, -0.05) is 40.2 Å². The number of amides is 1. The maximum atomic E-state index is 13.0. The van der Waals surface area contributed by atoms with Gasteiger partial charge in [-0.25, -0.2) is 0 Å². The predicted molar refractivity (Wildman–Crippen MR) is 120 cm³/mol. The minimum absolute atomic E-state index is 0.0921. The number of ketones is 1. The summed E-state index contributed by atoms with van der Waals surface area (Å²) in [6.45, 7) is 3.41. The highest BCUT2D eigenvalue weighted by molar-refractivity contribution is 9.10. The largest absolute Gasteiger partial charge is 0.507 e. The number of halogens is 1. The van der Waals surface area contributed by atoms with Crippen molar-refractivity contribution in [3.63, 3.8) is 0 Å². The number of nitrogens with zero attached hydrogens (tertiary/aromatic N) is 1. The molecule has 0 spiro atoms. The summed E-state index contributed by atoms with van der Waals surface area (Å²) in [5.74, 6) is -0.778. The van der Waals surface area contributed by atoms with Crippen LogP contribution in [0.25, 0.3) is 5.76 Å². The van der Waals surface area contributed by atoms with E-state index in [1.54, 1.807) is 24.3 Å². The molecule has 1 amide bonds. The molecule has 162 valence electrons. The maximum absolute atomic E-state index is 13.0. The minimum Gasteiger partial charge on any atom is -0.507 e. The fourth-order valence-electron chi connectivity index (χ4n) is 4.10. The van der Waals surface area contributed by atoms with Gasteiger partial charge in [0, 0.05) is 23.2 Å². The molecule has 0 aromatic heterocycles. The average molecular weight is 486 g/mol. The Morgan fingerprint density at radius 2 is 1.87 bits per heavy atom. The number of Topliss-reactive ketones (excluding diaryl/α,β-unsaturated/α-hetero) is 1. The lowest BCUT2D eigenvalue weighted by molar-refractivity contribution is -0.140. The number of aliphatic hydroxyl groups is 1. The van der Waals surface area contributed by atoms with Crippen LogP contribution in [0.15, 0.2) is 58.6 Å². The maximum Gasteiger partial charge on any atom is 0.295 e. The van der Waals surface area contributed by atoms with Crippen molar-refractivity contribution in [2.24, 2.45) is 0 Å². The first-order valence-electron chi connectivity index (χ1n) is 10.4. The van der Waals surface area contributed by atoms with E-state index in [4.69, 9.17) is 9.47 Å². The smallest absolute Gasteiger partial charge is 0.295 e. The zero-order valence-corrected chi connectivity index (χ0v) is 18.8. The Kier molecular flexibility index (Phi) is 6.43. The van der Waals surface area contributed by atoms with Gasteiger partial charge in [0.1, 0.15) is 11.5 Å². The number of likely N-dealkylation sites (tertiary alicyclic amines) is 1. The molecule has 1 N–H and O–H groups in total. The summed E-state index contributed by atoms with van der Waals surface area (Å²) < 4.78 is 12.1. The zero-order chi connectivity index (χ0) is 22.0. The Morgan fingerprint density at radius 3 is 2.48 bits per heavy atom. The van der Waals surface area contributed by atoms with Crippen LogP contribution in [0.3, 0.4) is 0 Å². The van der Waals surface area contributed by atoms with Gasteiger partial charge in [-0.2, -0.15) is 0 Å². The van der Waals surface area contributed by atoms with Crippen LogP contribution in [-0.4, -0.2) is 47.6 Å². The number of rotatable bonds is 6. The topological polar surface area (TPSA) is 76.1 Å².